The number of nitrogens with one attached hydrogen (secondary N) is 1. The average molecular weight is 264 g/mol. The zero-order valence-electron chi connectivity index (χ0n) is 12.9. The molecule has 0 spiro atoms. The Morgan fingerprint density at radius 3 is 2.47 bits per heavy atom. The van der Waals surface area contributed by atoms with E-state index in [4.69, 9.17) is 10.5 Å². The second kappa shape index (κ2) is 6.92. The van der Waals surface area contributed by atoms with Crippen LogP contribution in [0.4, 0.5) is 0 Å². The number of benzene rings is 1. The first-order valence-corrected chi connectivity index (χ1v) is 7.08. The molecule has 0 heterocycles. The molecule has 0 saturated heterocycles. The third kappa shape index (κ3) is 4.84. The van der Waals surface area contributed by atoms with Crippen LogP contribution in [0.15, 0.2) is 24.3 Å². The first-order chi connectivity index (χ1) is 8.87. The lowest BCUT2D eigenvalue weighted by Crippen LogP contribution is -2.52. The molecule has 1 aromatic rings. The van der Waals surface area contributed by atoms with Crippen LogP contribution in [0.25, 0.3) is 0 Å². The van der Waals surface area contributed by atoms with Crippen molar-refractivity contribution in [2.24, 2.45) is 11.7 Å². The van der Waals surface area contributed by atoms with Crippen LogP contribution < -0.4 is 15.8 Å². The summed E-state index contributed by atoms with van der Waals surface area (Å²) in [6.45, 7) is 12.1. The van der Waals surface area contributed by atoms with Crippen molar-refractivity contribution in [3.05, 3.63) is 29.8 Å². The van der Waals surface area contributed by atoms with Gasteiger partial charge in [0.05, 0.1) is 6.10 Å². The lowest BCUT2D eigenvalue weighted by molar-refractivity contribution is 0.241. The van der Waals surface area contributed by atoms with Crippen molar-refractivity contribution in [1.82, 2.24) is 5.32 Å². The largest absolute Gasteiger partial charge is 0.491 e. The summed E-state index contributed by atoms with van der Waals surface area (Å²) in [5.41, 5.74) is 7.07. The molecule has 0 fully saturated rings. The molecule has 1 atom stereocenters. The van der Waals surface area contributed by atoms with Crippen LogP contribution >= 0.6 is 0 Å². The second-order valence-electron chi connectivity index (χ2n) is 5.94. The Morgan fingerprint density at radius 2 is 1.95 bits per heavy atom. The summed E-state index contributed by atoms with van der Waals surface area (Å²) in [5.74, 6) is 1.42. The Bertz CT molecular complexity index is 390. The van der Waals surface area contributed by atoms with Gasteiger partial charge in [-0.25, -0.2) is 0 Å². The molecule has 0 aliphatic carbocycles. The van der Waals surface area contributed by atoms with Crippen molar-refractivity contribution < 1.29 is 4.74 Å². The molecule has 0 aliphatic heterocycles. The summed E-state index contributed by atoms with van der Waals surface area (Å²) in [7, 11) is 0. The van der Waals surface area contributed by atoms with Crippen LogP contribution in [0.5, 0.6) is 5.75 Å². The predicted octanol–water partition coefficient (Wildman–Crippen LogP) is 2.94. The number of hydrogen-bond donors (Lipinski definition) is 2. The van der Waals surface area contributed by atoms with Gasteiger partial charge < -0.3 is 15.8 Å². The van der Waals surface area contributed by atoms with Crippen molar-refractivity contribution >= 4 is 0 Å². The average Bonchev–Trinajstić information content (AvgIpc) is 2.35. The molecule has 0 saturated carbocycles. The summed E-state index contributed by atoms with van der Waals surface area (Å²) < 4.78 is 5.71. The maximum Gasteiger partial charge on any atom is 0.120 e. The zero-order valence-corrected chi connectivity index (χ0v) is 12.9. The quantitative estimate of drug-likeness (QED) is 0.796. The van der Waals surface area contributed by atoms with Gasteiger partial charge in [0.25, 0.3) is 0 Å². The fourth-order valence-electron chi connectivity index (χ4n) is 1.82. The summed E-state index contributed by atoms with van der Waals surface area (Å²) in [6.07, 6.45) is 0.202. The van der Waals surface area contributed by atoms with Crippen LogP contribution in [0, 0.1) is 5.92 Å². The molecule has 3 heteroatoms. The van der Waals surface area contributed by atoms with Gasteiger partial charge in [-0.15, -0.1) is 0 Å². The molecule has 1 unspecified atom stereocenters. The predicted molar refractivity (Wildman–Crippen MR) is 81.3 cm³/mol. The van der Waals surface area contributed by atoms with E-state index in [1.165, 1.54) is 5.56 Å². The number of nitrogens with two attached hydrogens (primary N) is 1. The van der Waals surface area contributed by atoms with E-state index in [1.54, 1.807) is 0 Å². The highest BCUT2D eigenvalue weighted by Crippen LogP contribution is 2.18. The minimum Gasteiger partial charge on any atom is -0.491 e. The molecular formula is C16H28N2O. The number of rotatable bonds is 7. The first-order valence-electron chi connectivity index (χ1n) is 7.08. The van der Waals surface area contributed by atoms with Gasteiger partial charge in [-0.1, -0.05) is 26.0 Å². The van der Waals surface area contributed by atoms with Gasteiger partial charge in [-0.05, 0) is 44.4 Å². The summed E-state index contributed by atoms with van der Waals surface area (Å²) in [6, 6.07) is 8.22. The minimum atomic E-state index is -0.0328. The fourth-order valence-corrected chi connectivity index (χ4v) is 1.82. The van der Waals surface area contributed by atoms with Crippen molar-refractivity contribution in [3.8, 4) is 5.75 Å². The van der Waals surface area contributed by atoms with Crippen molar-refractivity contribution in [1.29, 1.82) is 0 Å². The normalized spacial score (nSPS) is 14.7. The second-order valence-corrected chi connectivity index (χ2v) is 5.94. The molecule has 19 heavy (non-hydrogen) atoms. The Labute approximate surface area is 117 Å². The van der Waals surface area contributed by atoms with Gasteiger partial charge in [-0.2, -0.15) is 0 Å². The molecule has 0 aliphatic rings. The summed E-state index contributed by atoms with van der Waals surface area (Å²) >= 11 is 0. The van der Waals surface area contributed by atoms with Crippen LogP contribution in [0.3, 0.4) is 0 Å². The molecule has 0 aromatic heterocycles. The monoisotopic (exact) mass is 264 g/mol. The zero-order chi connectivity index (χ0) is 14.5. The van der Waals surface area contributed by atoms with Crippen LogP contribution in [-0.2, 0) is 6.54 Å². The topological polar surface area (TPSA) is 47.3 Å². The van der Waals surface area contributed by atoms with Crippen LogP contribution in [0.2, 0.25) is 0 Å². The van der Waals surface area contributed by atoms with E-state index in [2.05, 4.69) is 38.2 Å². The molecule has 1 aromatic carbocycles. The fraction of sp³-hybridized carbons (Fsp3) is 0.625. The molecule has 3 N–H and O–H groups in total. The maximum atomic E-state index is 5.88. The van der Waals surface area contributed by atoms with E-state index in [0.717, 1.165) is 12.3 Å². The van der Waals surface area contributed by atoms with Gasteiger partial charge in [0.1, 0.15) is 5.75 Å². The molecule has 0 amide bonds. The van der Waals surface area contributed by atoms with E-state index in [9.17, 15) is 0 Å². The van der Waals surface area contributed by atoms with E-state index >= 15 is 0 Å². The lowest BCUT2D eigenvalue weighted by atomic mass is 9.88. The van der Waals surface area contributed by atoms with Crippen LogP contribution in [0.1, 0.15) is 40.2 Å². The third-order valence-electron chi connectivity index (χ3n) is 3.66. The molecule has 3 nitrogen and oxygen atoms in total. The van der Waals surface area contributed by atoms with Gasteiger partial charge in [0, 0.05) is 18.6 Å². The number of ether oxygens (including phenoxy) is 1. The standard InChI is InChI=1S/C16H28N2O/c1-12(2)16(5,11-17)18-10-14-7-6-8-15(9-14)19-13(3)4/h6-9,12-13,18H,10-11,17H2,1-5H3. The van der Waals surface area contributed by atoms with E-state index < -0.39 is 0 Å². The highest BCUT2D eigenvalue weighted by molar-refractivity contribution is 5.28. The van der Waals surface area contributed by atoms with Crippen LogP contribution in [-0.4, -0.2) is 18.2 Å². The number of hydrogen-bond acceptors (Lipinski definition) is 3. The van der Waals surface area contributed by atoms with Crippen molar-refractivity contribution in [3.63, 3.8) is 0 Å². The van der Waals surface area contributed by atoms with Gasteiger partial charge >= 0.3 is 0 Å². The van der Waals surface area contributed by atoms with Gasteiger partial charge in [0.15, 0.2) is 0 Å². The highest BCUT2D eigenvalue weighted by atomic mass is 16.5. The Hall–Kier alpha value is -1.06. The lowest BCUT2D eigenvalue weighted by Gasteiger charge is -2.34. The van der Waals surface area contributed by atoms with Crippen molar-refractivity contribution in [2.75, 3.05) is 6.54 Å². The molecular weight excluding hydrogens is 236 g/mol. The van der Waals surface area contributed by atoms with E-state index in [1.807, 2.05) is 26.0 Å². The highest BCUT2D eigenvalue weighted by Gasteiger charge is 2.25. The summed E-state index contributed by atoms with van der Waals surface area (Å²) in [4.78, 5) is 0. The Balaban J connectivity index is 2.67. The molecule has 0 bridgehead atoms. The molecule has 1 rings (SSSR count). The Morgan fingerprint density at radius 1 is 1.26 bits per heavy atom. The molecule has 108 valence electrons. The van der Waals surface area contributed by atoms with E-state index in [0.29, 0.717) is 12.5 Å². The summed E-state index contributed by atoms with van der Waals surface area (Å²) in [5, 5.41) is 3.56. The minimum absolute atomic E-state index is 0.0328. The first kappa shape index (κ1) is 16.0. The molecule has 0 radical (unpaired) electrons. The Kier molecular flexibility index (Phi) is 5.83. The van der Waals surface area contributed by atoms with Gasteiger partial charge in [-0.3, -0.25) is 0 Å². The third-order valence-corrected chi connectivity index (χ3v) is 3.66. The SMILES string of the molecule is CC(C)Oc1cccc(CNC(C)(CN)C(C)C)c1. The van der Waals surface area contributed by atoms with E-state index in [-0.39, 0.29) is 11.6 Å². The van der Waals surface area contributed by atoms with Crippen molar-refractivity contribution in [2.45, 2.75) is 52.8 Å². The maximum absolute atomic E-state index is 5.88. The van der Waals surface area contributed by atoms with Gasteiger partial charge in [0.2, 0.25) is 0 Å². The smallest absolute Gasteiger partial charge is 0.120 e.